The van der Waals surface area contributed by atoms with Crippen molar-refractivity contribution in [2.24, 2.45) is 17.2 Å². The van der Waals surface area contributed by atoms with Gasteiger partial charge in [-0.15, -0.1) is 0 Å². The van der Waals surface area contributed by atoms with Crippen molar-refractivity contribution >= 4 is 59.0 Å². The number of aromatic amines is 1. The van der Waals surface area contributed by atoms with E-state index >= 15 is 0 Å². The van der Waals surface area contributed by atoms with Crippen molar-refractivity contribution in [1.29, 1.82) is 0 Å². The first kappa shape index (κ1) is 30.1. The highest BCUT2D eigenvalue weighted by Crippen LogP contribution is 2.18. The van der Waals surface area contributed by atoms with Gasteiger partial charge < -0.3 is 43.2 Å². The van der Waals surface area contributed by atoms with Crippen molar-refractivity contribution in [1.82, 2.24) is 20.9 Å². The molecular formula is C23H31N7O7S. The fourth-order valence-electron chi connectivity index (χ4n) is 3.60. The Hall–Kier alpha value is -4.11. The van der Waals surface area contributed by atoms with Crippen LogP contribution in [0.4, 0.5) is 0 Å². The third-order valence-electron chi connectivity index (χ3n) is 5.60. The molecule has 0 saturated heterocycles. The number of aliphatic carboxylic acids is 1. The third-order valence-corrected chi connectivity index (χ3v) is 5.96. The minimum atomic E-state index is -1.50. The summed E-state index contributed by atoms with van der Waals surface area (Å²) in [5, 5.41) is 16.9. The van der Waals surface area contributed by atoms with Gasteiger partial charge in [0.15, 0.2) is 0 Å². The number of hydrogen-bond donors (Lipinski definition) is 9. The standard InChI is InChI=1S/C23H31N7O7S/c24-13(7-11-9-27-14-4-2-1-3-12(11)14)20(33)29-16(8-19(26)32)22(35)28-15(5-6-18(25)31)21(34)30-17(10-38)23(36)37/h1-4,9,13,15-17,27,38H,5-8,10,24H2,(H2,25,31)(H2,26,32)(H,28,35)(H,29,33)(H,30,34)(H,36,37). The Bertz CT molecular complexity index is 1200. The van der Waals surface area contributed by atoms with Crippen LogP contribution in [0.2, 0.25) is 0 Å². The maximum Gasteiger partial charge on any atom is 0.327 e. The Balaban J connectivity index is 2.14. The summed E-state index contributed by atoms with van der Waals surface area (Å²) in [5.41, 5.74) is 18.0. The molecule has 0 fully saturated rings. The zero-order valence-electron chi connectivity index (χ0n) is 20.3. The second kappa shape index (κ2) is 14.0. The first-order valence-corrected chi connectivity index (χ1v) is 12.2. The van der Waals surface area contributed by atoms with E-state index in [-0.39, 0.29) is 25.0 Å². The molecule has 11 N–H and O–H groups in total. The van der Waals surface area contributed by atoms with Crippen molar-refractivity contribution in [2.45, 2.75) is 49.9 Å². The summed E-state index contributed by atoms with van der Waals surface area (Å²) in [6.45, 7) is 0. The summed E-state index contributed by atoms with van der Waals surface area (Å²) in [6.07, 6.45) is 0.617. The van der Waals surface area contributed by atoms with E-state index < -0.39 is 66.1 Å². The predicted octanol–water partition coefficient (Wildman–Crippen LogP) is -2.35. The number of carbonyl (C=O) groups is 6. The SMILES string of the molecule is NC(=O)CCC(NC(=O)C(CC(N)=O)NC(=O)C(N)Cc1c[nH]c2ccccc12)C(=O)NC(CS)C(=O)O. The van der Waals surface area contributed by atoms with Crippen LogP contribution in [0.25, 0.3) is 10.9 Å². The first-order chi connectivity index (χ1) is 17.9. The molecule has 0 spiro atoms. The minimum absolute atomic E-state index is 0.116. The van der Waals surface area contributed by atoms with Gasteiger partial charge in [-0.2, -0.15) is 12.6 Å². The number of carboxylic acids is 1. The van der Waals surface area contributed by atoms with E-state index in [2.05, 4.69) is 33.6 Å². The van der Waals surface area contributed by atoms with E-state index in [0.717, 1.165) is 16.5 Å². The van der Waals surface area contributed by atoms with Crippen LogP contribution in [0.3, 0.4) is 0 Å². The summed E-state index contributed by atoms with van der Waals surface area (Å²) in [4.78, 5) is 75.6. The average Bonchev–Trinajstić information content (AvgIpc) is 3.26. The molecule has 1 aromatic carbocycles. The molecule has 0 aliphatic carbocycles. The second-order valence-electron chi connectivity index (χ2n) is 8.55. The predicted molar refractivity (Wildman–Crippen MR) is 139 cm³/mol. The summed E-state index contributed by atoms with van der Waals surface area (Å²) >= 11 is 3.86. The number of para-hydroxylation sites is 1. The molecule has 2 rings (SSSR count). The molecule has 4 atom stereocenters. The molecule has 0 aliphatic heterocycles. The molecule has 0 aliphatic rings. The van der Waals surface area contributed by atoms with Gasteiger partial charge in [0.05, 0.1) is 12.5 Å². The molecule has 1 aromatic heterocycles. The fraction of sp³-hybridized carbons (Fsp3) is 0.391. The van der Waals surface area contributed by atoms with Crippen LogP contribution < -0.4 is 33.2 Å². The number of fused-ring (bicyclic) bond motifs is 1. The van der Waals surface area contributed by atoms with E-state index in [1.165, 1.54) is 0 Å². The number of nitrogens with two attached hydrogens (primary N) is 3. The zero-order valence-corrected chi connectivity index (χ0v) is 21.2. The number of hydrogen-bond acceptors (Lipinski definition) is 8. The van der Waals surface area contributed by atoms with Gasteiger partial charge in [0, 0.05) is 29.3 Å². The third kappa shape index (κ3) is 8.77. The molecule has 4 unspecified atom stereocenters. The Morgan fingerprint density at radius 3 is 2.11 bits per heavy atom. The minimum Gasteiger partial charge on any atom is -0.480 e. The van der Waals surface area contributed by atoms with Gasteiger partial charge in [0.25, 0.3) is 0 Å². The molecule has 5 amide bonds. The van der Waals surface area contributed by atoms with E-state index in [1.807, 2.05) is 24.3 Å². The van der Waals surface area contributed by atoms with Crippen molar-refractivity contribution in [3.63, 3.8) is 0 Å². The van der Waals surface area contributed by atoms with Gasteiger partial charge in [-0.3, -0.25) is 24.0 Å². The van der Waals surface area contributed by atoms with Crippen molar-refractivity contribution in [2.75, 3.05) is 5.75 Å². The summed E-state index contributed by atoms with van der Waals surface area (Å²) in [6, 6.07) is 2.01. The topological polar surface area (TPSA) is 253 Å². The summed E-state index contributed by atoms with van der Waals surface area (Å²) < 4.78 is 0. The smallest absolute Gasteiger partial charge is 0.327 e. The van der Waals surface area contributed by atoms with Crippen LogP contribution in [-0.2, 0) is 35.2 Å². The van der Waals surface area contributed by atoms with E-state index in [9.17, 15) is 28.8 Å². The molecule has 14 nitrogen and oxygen atoms in total. The number of nitrogens with one attached hydrogen (secondary N) is 4. The summed E-state index contributed by atoms with van der Waals surface area (Å²) in [7, 11) is 0. The number of primary amides is 2. The molecule has 15 heteroatoms. The van der Waals surface area contributed by atoms with E-state index in [0.29, 0.717) is 0 Å². The molecule has 38 heavy (non-hydrogen) atoms. The van der Waals surface area contributed by atoms with Gasteiger partial charge in [-0.1, -0.05) is 18.2 Å². The van der Waals surface area contributed by atoms with Crippen molar-refractivity contribution < 1.29 is 33.9 Å². The van der Waals surface area contributed by atoms with Crippen LogP contribution >= 0.6 is 12.6 Å². The highest BCUT2D eigenvalue weighted by atomic mass is 32.1. The number of rotatable bonds is 15. The molecule has 1 heterocycles. The van der Waals surface area contributed by atoms with E-state index in [4.69, 9.17) is 22.3 Å². The Morgan fingerprint density at radius 1 is 0.895 bits per heavy atom. The molecule has 0 radical (unpaired) electrons. The van der Waals surface area contributed by atoms with Crippen LogP contribution in [0.5, 0.6) is 0 Å². The second-order valence-corrected chi connectivity index (χ2v) is 8.92. The molecule has 0 bridgehead atoms. The normalized spacial score (nSPS) is 14.1. The number of benzene rings is 1. The van der Waals surface area contributed by atoms with Crippen molar-refractivity contribution in [3.8, 4) is 0 Å². The maximum atomic E-state index is 13.0. The lowest BCUT2D eigenvalue weighted by atomic mass is 10.0. The van der Waals surface area contributed by atoms with Crippen molar-refractivity contribution in [3.05, 3.63) is 36.0 Å². The average molecular weight is 550 g/mol. The Morgan fingerprint density at radius 2 is 1.50 bits per heavy atom. The highest BCUT2D eigenvalue weighted by molar-refractivity contribution is 7.80. The zero-order chi connectivity index (χ0) is 28.4. The fourth-order valence-corrected chi connectivity index (χ4v) is 3.85. The summed E-state index contributed by atoms with van der Waals surface area (Å²) in [5.74, 6) is -5.96. The van der Waals surface area contributed by atoms with Gasteiger partial charge in [0.2, 0.25) is 29.5 Å². The number of carboxylic acid groups (broad SMARTS) is 1. The maximum absolute atomic E-state index is 13.0. The molecule has 0 saturated carbocycles. The molecular weight excluding hydrogens is 518 g/mol. The Kier molecular flexibility index (Phi) is 11.1. The van der Waals surface area contributed by atoms with Gasteiger partial charge in [0.1, 0.15) is 18.1 Å². The lowest BCUT2D eigenvalue weighted by Gasteiger charge is -2.24. The first-order valence-electron chi connectivity index (χ1n) is 11.5. The monoisotopic (exact) mass is 549 g/mol. The number of thiol groups is 1. The lowest BCUT2D eigenvalue weighted by Crippen LogP contribution is -2.58. The number of H-pyrrole nitrogens is 1. The van der Waals surface area contributed by atoms with Gasteiger partial charge in [-0.05, 0) is 24.5 Å². The Labute approximate surface area is 222 Å². The largest absolute Gasteiger partial charge is 0.480 e. The highest BCUT2D eigenvalue weighted by Gasteiger charge is 2.31. The number of amides is 5. The number of aromatic nitrogens is 1. The number of carbonyl (C=O) groups excluding carboxylic acids is 5. The van der Waals surface area contributed by atoms with Crippen LogP contribution in [0.1, 0.15) is 24.8 Å². The van der Waals surface area contributed by atoms with Crippen LogP contribution in [-0.4, -0.2) is 75.5 Å². The lowest BCUT2D eigenvalue weighted by molar-refractivity contribution is -0.142. The molecule has 2 aromatic rings. The van der Waals surface area contributed by atoms with Gasteiger partial charge in [-0.25, -0.2) is 4.79 Å². The van der Waals surface area contributed by atoms with Crippen LogP contribution in [0, 0.1) is 0 Å². The van der Waals surface area contributed by atoms with E-state index in [1.54, 1.807) is 6.20 Å². The van der Waals surface area contributed by atoms with Crippen LogP contribution in [0.15, 0.2) is 30.5 Å². The van der Waals surface area contributed by atoms with Gasteiger partial charge >= 0.3 is 5.97 Å². The quantitative estimate of drug-likeness (QED) is 0.108. The molecule has 206 valence electrons.